The van der Waals surface area contributed by atoms with Gasteiger partial charge in [-0.3, -0.25) is 4.90 Å². The van der Waals surface area contributed by atoms with Crippen LogP contribution in [0.3, 0.4) is 0 Å². The van der Waals surface area contributed by atoms with Gasteiger partial charge in [-0.1, -0.05) is 27.7 Å². The van der Waals surface area contributed by atoms with Gasteiger partial charge in [-0.05, 0) is 43.7 Å². The van der Waals surface area contributed by atoms with E-state index in [1.807, 2.05) is 0 Å². The van der Waals surface area contributed by atoms with E-state index in [0.717, 1.165) is 12.5 Å². The Bertz CT molecular complexity index is 175. The smallest absolute Gasteiger partial charge is 0.0223 e. The fourth-order valence-corrected chi connectivity index (χ4v) is 2.46. The van der Waals surface area contributed by atoms with E-state index >= 15 is 0 Å². The zero-order valence-corrected chi connectivity index (χ0v) is 10.9. The van der Waals surface area contributed by atoms with Gasteiger partial charge in [-0.2, -0.15) is 0 Å². The SMILES string of the molecule is CC1CCN(C(CN)CC(C)(C)C)CC1. The number of hydrogen-bond donors (Lipinski definition) is 1. The molecule has 1 aliphatic rings. The lowest BCUT2D eigenvalue weighted by Crippen LogP contribution is -2.46. The third kappa shape index (κ3) is 4.52. The molecular weight excluding hydrogens is 184 g/mol. The third-order valence-electron chi connectivity index (χ3n) is 3.45. The van der Waals surface area contributed by atoms with Crippen LogP contribution >= 0.6 is 0 Å². The average Bonchev–Trinajstić information content (AvgIpc) is 2.14. The normalized spacial score (nSPS) is 23.0. The molecule has 2 nitrogen and oxygen atoms in total. The van der Waals surface area contributed by atoms with Crippen molar-refractivity contribution in [2.75, 3.05) is 19.6 Å². The summed E-state index contributed by atoms with van der Waals surface area (Å²) in [5, 5.41) is 0. The standard InChI is InChI=1S/C13H28N2/c1-11-5-7-15(8-6-11)12(10-14)9-13(2,3)4/h11-12H,5-10,14H2,1-4H3. The van der Waals surface area contributed by atoms with Crippen molar-refractivity contribution in [3.63, 3.8) is 0 Å². The number of piperidine rings is 1. The molecule has 15 heavy (non-hydrogen) atoms. The second kappa shape index (κ2) is 5.31. The Balaban J connectivity index is 2.44. The van der Waals surface area contributed by atoms with E-state index in [9.17, 15) is 0 Å². The number of nitrogens with zero attached hydrogens (tertiary/aromatic N) is 1. The highest BCUT2D eigenvalue weighted by molar-refractivity contribution is 4.81. The van der Waals surface area contributed by atoms with Crippen molar-refractivity contribution in [1.82, 2.24) is 4.90 Å². The monoisotopic (exact) mass is 212 g/mol. The molecule has 1 atom stereocenters. The third-order valence-corrected chi connectivity index (χ3v) is 3.45. The Labute approximate surface area is 95.2 Å². The van der Waals surface area contributed by atoms with Crippen LogP contribution in [0.15, 0.2) is 0 Å². The van der Waals surface area contributed by atoms with Crippen LogP contribution in [-0.2, 0) is 0 Å². The van der Waals surface area contributed by atoms with E-state index in [1.54, 1.807) is 0 Å². The number of hydrogen-bond acceptors (Lipinski definition) is 2. The van der Waals surface area contributed by atoms with Crippen LogP contribution < -0.4 is 5.73 Å². The molecule has 1 rings (SSSR count). The summed E-state index contributed by atoms with van der Waals surface area (Å²) >= 11 is 0. The highest BCUT2D eigenvalue weighted by Crippen LogP contribution is 2.26. The van der Waals surface area contributed by atoms with Gasteiger partial charge in [-0.15, -0.1) is 0 Å². The molecule has 0 aliphatic carbocycles. The van der Waals surface area contributed by atoms with Gasteiger partial charge in [0.1, 0.15) is 0 Å². The summed E-state index contributed by atoms with van der Waals surface area (Å²) in [6.07, 6.45) is 3.92. The van der Waals surface area contributed by atoms with Crippen LogP contribution in [-0.4, -0.2) is 30.6 Å². The molecule has 1 unspecified atom stereocenters. The molecular formula is C13H28N2. The molecule has 0 amide bonds. The van der Waals surface area contributed by atoms with Crippen molar-refractivity contribution < 1.29 is 0 Å². The molecule has 0 saturated carbocycles. The average molecular weight is 212 g/mol. The maximum atomic E-state index is 5.90. The van der Waals surface area contributed by atoms with Crippen molar-refractivity contribution in [3.05, 3.63) is 0 Å². The van der Waals surface area contributed by atoms with Gasteiger partial charge in [0.05, 0.1) is 0 Å². The minimum Gasteiger partial charge on any atom is -0.329 e. The fraction of sp³-hybridized carbons (Fsp3) is 1.00. The molecule has 2 N–H and O–H groups in total. The molecule has 0 bridgehead atoms. The quantitative estimate of drug-likeness (QED) is 0.779. The Hall–Kier alpha value is -0.0800. The minimum absolute atomic E-state index is 0.396. The van der Waals surface area contributed by atoms with Gasteiger partial charge < -0.3 is 5.73 Å². The fourth-order valence-electron chi connectivity index (χ4n) is 2.46. The lowest BCUT2D eigenvalue weighted by molar-refractivity contribution is 0.111. The van der Waals surface area contributed by atoms with E-state index in [-0.39, 0.29) is 0 Å². The van der Waals surface area contributed by atoms with Gasteiger partial charge >= 0.3 is 0 Å². The van der Waals surface area contributed by atoms with Crippen LogP contribution in [0.2, 0.25) is 0 Å². The molecule has 1 fully saturated rings. The summed E-state index contributed by atoms with van der Waals surface area (Å²) in [5.41, 5.74) is 6.30. The zero-order valence-electron chi connectivity index (χ0n) is 10.9. The van der Waals surface area contributed by atoms with Gasteiger partial charge in [0.15, 0.2) is 0 Å². The first-order valence-electron chi connectivity index (χ1n) is 6.36. The second-order valence-corrected chi connectivity index (χ2v) is 6.37. The first-order valence-corrected chi connectivity index (χ1v) is 6.36. The topological polar surface area (TPSA) is 29.3 Å². The highest BCUT2D eigenvalue weighted by atomic mass is 15.2. The Morgan fingerprint density at radius 1 is 1.27 bits per heavy atom. The first-order chi connectivity index (χ1) is 6.92. The Morgan fingerprint density at radius 3 is 2.20 bits per heavy atom. The van der Waals surface area contributed by atoms with Crippen molar-refractivity contribution in [1.29, 1.82) is 0 Å². The van der Waals surface area contributed by atoms with Gasteiger partial charge in [0, 0.05) is 12.6 Å². The molecule has 1 saturated heterocycles. The van der Waals surface area contributed by atoms with Gasteiger partial charge in [0.2, 0.25) is 0 Å². The molecule has 1 heterocycles. The summed E-state index contributed by atoms with van der Waals surface area (Å²) in [7, 11) is 0. The summed E-state index contributed by atoms with van der Waals surface area (Å²) in [4.78, 5) is 2.60. The predicted molar refractivity (Wildman–Crippen MR) is 66.9 cm³/mol. The zero-order chi connectivity index (χ0) is 11.5. The van der Waals surface area contributed by atoms with E-state index < -0.39 is 0 Å². The van der Waals surface area contributed by atoms with Crippen LogP contribution in [0.1, 0.15) is 47.0 Å². The van der Waals surface area contributed by atoms with Crippen molar-refractivity contribution in [2.45, 2.75) is 53.0 Å². The van der Waals surface area contributed by atoms with Crippen molar-refractivity contribution in [3.8, 4) is 0 Å². The molecule has 0 radical (unpaired) electrons. The summed E-state index contributed by atoms with van der Waals surface area (Å²) in [6, 6.07) is 0.595. The molecule has 90 valence electrons. The lowest BCUT2D eigenvalue weighted by atomic mass is 9.86. The molecule has 0 aromatic heterocycles. The predicted octanol–water partition coefficient (Wildman–Crippen LogP) is 2.48. The number of rotatable bonds is 3. The number of likely N-dealkylation sites (tertiary alicyclic amines) is 1. The summed E-state index contributed by atoms with van der Waals surface area (Å²) < 4.78 is 0. The Morgan fingerprint density at radius 2 is 1.80 bits per heavy atom. The maximum Gasteiger partial charge on any atom is 0.0223 e. The van der Waals surface area contributed by atoms with E-state index in [4.69, 9.17) is 5.73 Å². The van der Waals surface area contributed by atoms with Crippen molar-refractivity contribution >= 4 is 0 Å². The van der Waals surface area contributed by atoms with Crippen LogP contribution in [0, 0.1) is 11.3 Å². The first kappa shape index (κ1) is 13.0. The molecule has 2 heteroatoms. The van der Waals surface area contributed by atoms with E-state index in [0.29, 0.717) is 11.5 Å². The van der Waals surface area contributed by atoms with Crippen LogP contribution in [0.5, 0.6) is 0 Å². The summed E-state index contributed by atoms with van der Waals surface area (Å²) in [6.45, 7) is 12.6. The van der Waals surface area contributed by atoms with Gasteiger partial charge in [0.25, 0.3) is 0 Å². The molecule has 0 spiro atoms. The molecule has 0 aromatic carbocycles. The maximum absolute atomic E-state index is 5.90. The van der Waals surface area contributed by atoms with Crippen LogP contribution in [0.4, 0.5) is 0 Å². The Kier molecular flexibility index (Phi) is 4.60. The largest absolute Gasteiger partial charge is 0.329 e. The van der Waals surface area contributed by atoms with Crippen LogP contribution in [0.25, 0.3) is 0 Å². The summed E-state index contributed by atoms with van der Waals surface area (Å²) in [5.74, 6) is 0.911. The van der Waals surface area contributed by atoms with E-state index in [1.165, 1.54) is 32.4 Å². The number of nitrogens with two attached hydrogens (primary N) is 1. The highest BCUT2D eigenvalue weighted by Gasteiger charge is 2.25. The van der Waals surface area contributed by atoms with E-state index in [2.05, 4.69) is 32.6 Å². The van der Waals surface area contributed by atoms with Gasteiger partial charge in [-0.25, -0.2) is 0 Å². The molecule has 0 aromatic rings. The lowest BCUT2D eigenvalue weighted by Gasteiger charge is -2.38. The second-order valence-electron chi connectivity index (χ2n) is 6.37. The van der Waals surface area contributed by atoms with Crippen molar-refractivity contribution in [2.24, 2.45) is 17.1 Å². The molecule has 1 aliphatic heterocycles. The minimum atomic E-state index is 0.396.